The molecule has 0 amide bonds. The van der Waals surface area contributed by atoms with Gasteiger partial charge in [-0.25, -0.2) is 0 Å². The Morgan fingerprint density at radius 1 is 1.67 bits per heavy atom. The highest BCUT2D eigenvalue weighted by atomic mass is 19.3. The fourth-order valence-corrected chi connectivity index (χ4v) is 0.238. The van der Waals surface area contributed by atoms with E-state index >= 15 is 0 Å². The van der Waals surface area contributed by atoms with E-state index < -0.39 is 18.6 Å². The second kappa shape index (κ2) is 2.82. The van der Waals surface area contributed by atoms with Crippen molar-refractivity contribution in [1.29, 1.82) is 0 Å². The topological polar surface area (TPSA) is 26.3 Å². The zero-order valence-corrected chi connectivity index (χ0v) is 4.66. The van der Waals surface area contributed by atoms with Crippen LogP contribution in [0.4, 0.5) is 13.2 Å². The molecule has 2 nitrogen and oxygen atoms in total. The molecule has 9 heavy (non-hydrogen) atoms. The number of hydrogen-bond acceptors (Lipinski definition) is 2. The molecule has 0 rings (SSSR count). The van der Waals surface area contributed by atoms with E-state index in [1.54, 1.807) is 0 Å². The molecule has 0 radical (unpaired) electrons. The first kappa shape index (κ1) is 8.42. The summed E-state index contributed by atoms with van der Waals surface area (Å²) in [6.07, 6.45) is 0. The predicted molar refractivity (Wildman–Crippen MR) is 22.9 cm³/mol. The summed E-state index contributed by atoms with van der Waals surface area (Å²) in [7, 11) is 0.955. The van der Waals surface area contributed by atoms with Crippen LogP contribution in [0.3, 0.4) is 0 Å². The zero-order valence-electron chi connectivity index (χ0n) is 4.66. The third-order valence-corrected chi connectivity index (χ3v) is 0.613. The van der Waals surface area contributed by atoms with Crippen molar-refractivity contribution >= 4 is 6.04 Å². The molecule has 0 aliphatic heterocycles. The Kier molecular flexibility index (Phi) is 2.64. The molecule has 0 aliphatic carbocycles. The van der Waals surface area contributed by atoms with Crippen LogP contribution in [0.1, 0.15) is 0 Å². The van der Waals surface area contributed by atoms with E-state index in [4.69, 9.17) is 0 Å². The van der Waals surface area contributed by atoms with Gasteiger partial charge < -0.3 is 4.74 Å². The smallest absolute Gasteiger partial charge is 0.372 e. The van der Waals surface area contributed by atoms with Gasteiger partial charge in [0.2, 0.25) is 0 Å². The van der Waals surface area contributed by atoms with Crippen LogP contribution in [-0.4, -0.2) is 25.7 Å². The molecule has 0 saturated heterocycles. The van der Waals surface area contributed by atoms with Crippen LogP contribution in [0.25, 0.3) is 0 Å². The predicted octanol–water partition coefficient (Wildman–Crippen LogP) is 0.764. The summed E-state index contributed by atoms with van der Waals surface area (Å²) in [5.41, 5.74) is 0. The number of hydrogen-bond donors (Lipinski definition) is 0. The number of halogens is 3. The van der Waals surface area contributed by atoms with Gasteiger partial charge in [-0.3, -0.25) is 4.79 Å². The lowest BCUT2D eigenvalue weighted by Crippen LogP contribution is -2.30. The molecule has 0 fully saturated rings. The molecular weight excluding hydrogens is 137 g/mol. The molecule has 0 saturated carbocycles. The van der Waals surface area contributed by atoms with Crippen molar-refractivity contribution in [2.24, 2.45) is 0 Å². The average Bonchev–Trinajstić information content (AvgIpc) is 1.65. The largest absolute Gasteiger partial charge is 0.378 e. The van der Waals surface area contributed by atoms with Gasteiger partial charge in [-0.15, -0.1) is 0 Å². The van der Waals surface area contributed by atoms with Crippen molar-refractivity contribution in [3.8, 4) is 0 Å². The maximum absolute atomic E-state index is 11.7. The third kappa shape index (κ3) is 2.46. The van der Waals surface area contributed by atoms with Crippen molar-refractivity contribution < 1.29 is 22.7 Å². The van der Waals surface area contributed by atoms with Crippen LogP contribution in [0, 0.1) is 0 Å². The summed E-state index contributed by atoms with van der Waals surface area (Å²) < 4.78 is 38.4. The third-order valence-electron chi connectivity index (χ3n) is 0.613. The number of methoxy groups -OCH3 is 1. The highest BCUT2D eigenvalue weighted by Crippen LogP contribution is 2.14. The summed E-state index contributed by atoms with van der Waals surface area (Å²) in [4.78, 5) is 9.36. The Morgan fingerprint density at radius 3 is 2.22 bits per heavy atom. The maximum atomic E-state index is 11.7. The van der Waals surface area contributed by atoms with E-state index in [-0.39, 0.29) is 0 Å². The van der Waals surface area contributed by atoms with E-state index in [1.807, 2.05) is 0 Å². The first-order valence-corrected chi connectivity index (χ1v) is 2.07. The zero-order chi connectivity index (χ0) is 7.49. The molecule has 0 atom stereocenters. The molecule has 0 aliphatic rings. The standard InChI is InChI=1S/C4H5F3O2/c1-9-2-4(6,7)3(5)8/h2H2,1H3. The first-order chi connectivity index (χ1) is 4.00. The first-order valence-electron chi connectivity index (χ1n) is 2.07. The second-order valence-corrected chi connectivity index (χ2v) is 1.41. The van der Waals surface area contributed by atoms with Crippen molar-refractivity contribution in [2.45, 2.75) is 5.92 Å². The minimum atomic E-state index is -3.98. The SMILES string of the molecule is COCC(F)(F)C(=O)F. The summed E-state index contributed by atoms with van der Waals surface area (Å²) in [5, 5.41) is 0. The summed E-state index contributed by atoms with van der Waals surface area (Å²) in [6.45, 7) is -1.21. The molecule has 0 bridgehead atoms. The highest BCUT2D eigenvalue weighted by Gasteiger charge is 2.39. The highest BCUT2D eigenvalue weighted by molar-refractivity contribution is 5.76. The van der Waals surface area contributed by atoms with Gasteiger partial charge >= 0.3 is 12.0 Å². The molecule has 0 aromatic heterocycles. The van der Waals surface area contributed by atoms with Gasteiger partial charge in [0.05, 0.1) is 0 Å². The van der Waals surface area contributed by atoms with Crippen LogP contribution in [-0.2, 0) is 9.53 Å². The number of alkyl halides is 2. The number of carbonyl (C=O) groups excluding carboxylic acids is 1. The van der Waals surface area contributed by atoms with Gasteiger partial charge in [-0.05, 0) is 0 Å². The Hall–Kier alpha value is -0.580. The maximum Gasteiger partial charge on any atom is 0.372 e. The van der Waals surface area contributed by atoms with Gasteiger partial charge in [0.15, 0.2) is 0 Å². The fraction of sp³-hybridized carbons (Fsp3) is 0.750. The van der Waals surface area contributed by atoms with Gasteiger partial charge in [-0.2, -0.15) is 13.2 Å². The summed E-state index contributed by atoms with van der Waals surface area (Å²) in [6, 6.07) is -2.66. The fourth-order valence-electron chi connectivity index (χ4n) is 0.238. The monoisotopic (exact) mass is 142 g/mol. The van der Waals surface area contributed by atoms with Crippen LogP contribution < -0.4 is 0 Å². The number of carbonyl (C=O) groups is 1. The Labute approximate surface area is 49.6 Å². The number of rotatable bonds is 3. The van der Waals surface area contributed by atoms with Crippen LogP contribution in [0.15, 0.2) is 0 Å². The Bertz CT molecular complexity index is 112. The molecule has 0 aromatic carbocycles. The van der Waals surface area contributed by atoms with E-state index in [9.17, 15) is 18.0 Å². The molecule has 0 N–H and O–H groups in total. The minimum Gasteiger partial charge on any atom is -0.378 e. The molecule has 5 heteroatoms. The van der Waals surface area contributed by atoms with Gasteiger partial charge in [0.25, 0.3) is 0 Å². The lowest BCUT2D eigenvalue weighted by Gasteiger charge is -2.06. The van der Waals surface area contributed by atoms with Crippen LogP contribution in [0.2, 0.25) is 0 Å². The molecule has 0 aromatic rings. The van der Waals surface area contributed by atoms with Gasteiger partial charge in [0, 0.05) is 7.11 Å². The van der Waals surface area contributed by atoms with E-state index in [1.165, 1.54) is 0 Å². The molecule has 0 heterocycles. The lowest BCUT2D eigenvalue weighted by molar-refractivity contribution is -0.162. The normalized spacial score (nSPS) is 11.6. The summed E-state index contributed by atoms with van der Waals surface area (Å²) in [5.74, 6) is -3.98. The van der Waals surface area contributed by atoms with Crippen molar-refractivity contribution in [1.82, 2.24) is 0 Å². The van der Waals surface area contributed by atoms with Crippen molar-refractivity contribution in [2.75, 3.05) is 13.7 Å². The minimum absolute atomic E-state index is 0.955. The molecule has 0 unspecified atom stereocenters. The van der Waals surface area contributed by atoms with Gasteiger partial charge in [-0.1, -0.05) is 0 Å². The lowest BCUT2D eigenvalue weighted by atomic mass is 10.4. The summed E-state index contributed by atoms with van der Waals surface area (Å²) >= 11 is 0. The molecule has 54 valence electrons. The van der Waals surface area contributed by atoms with Crippen LogP contribution >= 0.6 is 0 Å². The van der Waals surface area contributed by atoms with Gasteiger partial charge in [0.1, 0.15) is 6.61 Å². The van der Waals surface area contributed by atoms with E-state index in [2.05, 4.69) is 4.74 Å². The Balaban J connectivity index is 3.85. The molecule has 0 spiro atoms. The van der Waals surface area contributed by atoms with Crippen molar-refractivity contribution in [3.63, 3.8) is 0 Å². The van der Waals surface area contributed by atoms with Crippen molar-refractivity contribution in [3.05, 3.63) is 0 Å². The van der Waals surface area contributed by atoms with Crippen LogP contribution in [0.5, 0.6) is 0 Å². The van der Waals surface area contributed by atoms with E-state index in [0.29, 0.717) is 0 Å². The second-order valence-electron chi connectivity index (χ2n) is 1.41. The molecular formula is C4H5F3O2. The number of ether oxygens (including phenoxy) is 1. The quantitative estimate of drug-likeness (QED) is 0.544. The van der Waals surface area contributed by atoms with E-state index in [0.717, 1.165) is 7.11 Å². The Morgan fingerprint density at radius 2 is 2.11 bits per heavy atom. The average molecular weight is 142 g/mol.